The highest BCUT2D eigenvalue weighted by Gasteiger charge is 2.18. The smallest absolute Gasteiger partial charge is 0.310 e. The summed E-state index contributed by atoms with van der Waals surface area (Å²) in [5.41, 5.74) is 4.16. The van der Waals surface area contributed by atoms with E-state index in [1.54, 1.807) is 6.92 Å². The van der Waals surface area contributed by atoms with Gasteiger partial charge in [0.1, 0.15) is 5.69 Å². The lowest BCUT2D eigenvalue weighted by Gasteiger charge is -2.08. The molecule has 2 N–H and O–H groups in total. The van der Waals surface area contributed by atoms with Crippen molar-refractivity contribution >= 4 is 11.7 Å². The van der Waals surface area contributed by atoms with Crippen molar-refractivity contribution in [1.82, 2.24) is 4.98 Å². The normalized spacial score (nSPS) is 10.6. The van der Waals surface area contributed by atoms with Crippen LogP contribution in [0.25, 0.3) is 0 Å². The molecule has 0 unspecified atom stereocenters. The highest BCUT2D eigenvalue weighted by atomic mass is 19.3. The zero-order chi connectivity index (χ0) is 13.0. The number of alkyl halides is 2. The van der Waals surface area contributed by atoms with E-state index in [0.29, 0.717) is 0 Å². The molecule has 1 heterocycles. The van der Waals surface area contributed by atoms with Crippen LogP contribution in [-0.2, 0) is 16.0 Å². The molecule has 0 aliphatic heterocycles. The largest absolute Gasteiger partial charge is 0.466 e. The van der Waals surface area contributed by atoms with E-state index in [9.17, 15) is 18.0 Å². The molecule has 0 aliphatic carbocycles. The fourth-order valence-electron chi connectivity index (χ4n) is 1.22. The fourth-order valence-corrected chi connectivity index (χ4v) is 1.22. The number of nitrogens with two attached hydrogens (primary N) is 1. The SMILES string of the molecule is CCOC(=O)Cc1c(N)cc(C(F)F)nc1F. The molecular formula is C10H11F3N2O2. The van der Waals surface area contributed by atoms with Gasteiger partial charge < -0.3 is 10.5 Å². The van der Waals surface area contributed by atoms with Gasteiger partial charge in [-0.1, -0.05) is 0 Å². The Labute approximate surface area is 95.6 Å². The van der Waals surface area contributed by atoms with Crippen molar-refractivity contribution < 1.29 is 22.7 Å². The minimum atomic E-state index is -2.91. The van der Waals surface area contributed by atoms with Crippen LogP contribution in [0.2, 0.25) is 0 Å². The molecule has 0 aliphatic rings. The number of ether oxygens (including phenoxy) is 1. The van der Waals surface area contributed by atoms with Gasteiger partial charge in [0.25, 0.3) is 6.43 Å². The van der Waals surface area contributed by atoms with Gasteiger partial charge in [-0.3, -0.25) is 4.79 Å². The predicted octanol–water partition coefficient (Wildman–Crippen LogP) is 1.85. The molecule has 0 fully saturated rings. The average Bonchev–Trinajstić information content (AvgIpc) is 2.23. The van der Waals surface area contributed by atoms with Crippen molar-refractivity contribution in [3.05, 3.63) is 23.3 Å². The van der Waals surface area contributed by atoms with Crippen molar-refractivity contribution in [1.29, 1.82) is 0 Å². The Bertz CT molecular complexity index is 401. The maximum atomic E-state index is 13.3. The molecule has 0 saturated heterocycles. The molecule has 0 spiro atoms. The van der Waals surface area contributed by atoms with Gasteiger partial charge >= 0.3 is 5.97 Å². The monoisotopic (exact) mass is 248 g/mol. The van der Waals surface area contributed by atoms with Gasteiger partial charge in [0, 0.05) is 11.3 Å². The molecule has 0 atom stereocenters. The number of rotatable bonds is 4. The van der Waals surface area contributed by atoms with E-state index >= 15 is 0 Å². The quantitative estimate of drug-likeness (QED) is 0.652. The molecule has 1 rings (SSSR count). The highest BCUT2D eigenvalue weighted by Crippen LogP contribution is 2.23. The number of pyridine rings is 1. The lowest BCUT2D eigenvalue weighted by Crippen LogP contribution is -2.12. The first-order valence-corrected chi connectivity index (χ1v) is 4.84. The van der Waals surface area contributed by atoms with Crippen LogP contribution in [0.5, 0.6) is 0 Å². The summed E-state index contributed by atoms with van der Waals surface area (Å²) >= 11 is 0. The van der Waals surface area contributed by atoms with Crippen LogP contribution in [0.15, 0.2) is 6.07 Å². The summed E-state index contributed by atoms with van der Waals surface area (Å²) in [6.07, 6.45) is -3.34. The summed E-state index contributed by atoms with van der Waals surface area (Å²) in [4.78, 5) is 14.2. The van der Waals surface area contributed by atoms with Crippen LogP contribution in [-0.4, -0.2) is 17.6 Å². The summed E-state index contributed by atoms with van der Waals surface area (Å²) < 4.78 is 42.5. The molecule has 0 saturated carbocycles. The first-order chi connectivity index (χ1) is 7.95. The molecular weight excluding hydrogens is 237 g/mol. The van der Waals surface area contributed by atoms with E-state index in [1.807, 2.05) is 0 Å². The van der Waals surface area contributed by atoms with Gasteiger partial charge in [-0.25, -0.2) is 13.8 Å². The molecule has 7 heteroatoms. The molecule has 0 bridgehead atoms. The van der Waals surface area contributed by atoms with Gasteiger partial charge in [-0.2, -0.15) is 4.39 Å². The zero-order valence-corrected chi connectivity index (χ0v) is 9.04. The van der Waals surface area contributed by atoms with Crippen molar-refractivity contribution in [2.75, 3.05) is 12.3 Å². The number of aromatic nitrogens is 1. The van der Waals surface area contributed by atoms with Gasteiger partial charge in [0.05, 0.1) is 13.0 Å². The van der Waals surface area contributed by atoms with Crippen LogP contribution in [0.1, 0.15) is 24.6 Å². The third kappa shape index (κ3) is 3.33. The standard InChI is InChI=1S/C10H11F3N2O2/c1-2-17-8(16)3-5-6(14)4-7(9(11)12)15-10(5)13/h4,9H,2-3H2,1H3,(H2,14,15). The third-order valence-electron chi connectivity index (χ3n) is 1.98. The number of nitrogen functional groups attached to an aromatic ring is 1. The number of hydrogen-bond donors (Lipinski definition) is 1. The zero-order valence-electron chi connectivity index (χ0n) is 9.04. The summed E-state index contributed by atoms with van der Waals surface area (Å²) in [6.45, 7) is 1.73. The van der Waals surface area contributed by atoms with Crippen LogP contribution >= 0.6 is 0 Å². The summed E-state index contributed by atoms with van der Waals surface area (Å²) in [5.74, 6) is -1.86. The number of carbonyl (C=O) groups is 1. The topological polar surface area (TPSA) is 65.2 Å². The van der Waals surface area contributed by atoms with E-state index < -0.39 is 30.5 Å². The molecule has 94 valence electrons. The minimum absolute atomic E-state index is 0.142. The maximum Gasteiger partial charge on any atom is 0.310 e. The van der Waals surface area contributed by atoms with Crippen LogP contribution in [0, 0.1) is 5.95 Å². The fraction of sp³-hybridized carbons (Fsp3) is 0.400. The first-order valence-electron chi connectivity index (χ1n) is 4.84. The molecule has 0 amide bonds. The van der Waals surface area contributed by atoms with Crippen molar-refractivity contribution in [2.45, 2.75) is 19.8 Å². The number of hydrogen-bond acceptors (Lipinski definition) is 4. The predicted molar refractivity (Wildman–Crippen MR) is 53.9 cm³/mol. The second-order valence-electron chi connectivity index (χ2n) is 3.19. The van der Waals surface area contributed by atoms with E-state index in [-0.39, 0.29) is 17.9 Å². The highest BCUT2D eigenvalue weighted by molar-refractivity contribution is 5.74. The molecule has 0 radical (unpaired) electrons. The van der Waals surface area contributed by atoms with Gasteiger partial charge in [0.2, 0.25) is 5.95 Å². The maximum absolute atomic E-state index is 13.3. The van der Waals surface area contributed by atoms with E-state index in [2.05, 4.69) is 9.72 Å². The Kier molecular flexibility index (Phi) is 4.30. The summed E-state index contributed by atoms with van der Waals surface area (Å²) in [6, 6.07) is 0.850. The Morgan fingerprint density at radius 2 is 2.24 bits per heavy atom. The van der Waals surface area contributed by atoms with Crippen molar-refractivity contribution in [3.63, 3.8) is 0 Å². The van der Waals surface area contributed by atoms with Crippen LogP contribution in [0.4, 0.5) is 18.9 Å². The number of esters is 1. The average molecular weight is 248 g/mol. The van der Waals surface area contributed by atoms with E-state index in [4.69, 9.17) is 5.73 Å². The lowest BCUT2D eigenvalue weighted by molar-refractivity contribution is -0.142. The number of carbonyl (C=O) groups excluding carboxylic acids is 1. The minimum Gasteiger partial charge on any atom is -0.466 e. The van der Waals surface area contributed by atoms with Gasteiger partial charge in [-0.05, 0) is 13.0 Å². The Hall–Kier alpha value is -1.79. The van der Waals surface area contributed by atoms with E-state index in [0.717, 1.165) is 6.07 Å². The lowest BCUT2D eigenvalue weighted by atomic mass is 10.1. The first kappa shape index (κ1) is 13.3. The van der Waals surface area contributed by atoms with E-state index in [1.165, 1.54) is 0 Å². The second-order valence-corrected chi connectivity index (χ2v) is 3.19. The second kappa shape index (κ2) is 5.51. The molecule has 4 nitrogen and oxygen atoms in total. The Morgan fingerprint density at radius 1 is 1.59 bits per heavy atom. The Balaban J connectivity index is 2.97. The molecule has 17 heavy (non-hydrogen) atoms. The Morgan fingerprint density at radius 3 is 2.71 bits per heavy atom. The number of halogens is 3. The number of anilines is 1. The summed E-state index contributed by atoms with van der Waals surface area (Å²) in [5, 5.41) is 0. The van der Waals surface area contributed by atoms with Crippen LogP contribution < -0.4 is 5.73 Å². The molecule has 1 aromatic rings. The molecule has 0 aromatic carbocycles. The number of nitrogens with zero attached hydrogens (tertiary/aromatic N) is 1. The van der Waals surface area contributed by atoms with Gasteiger partial charge in [0.15, 0.2) is 0 Å². The van der Waals surface area contributed by atoms with Gasteiger partial charge in [-0.15, -0.1) is 0 Å². The van der Waals surface area contributed by atoms with Crippen molar-refractivity contribution in [3.8, 4) is 0 Å². The van der Waals surface area contributed by atoms with Crippen LogP contribution in [0.3, 0.4) is 0 Å². The third-order valence-corrected chi connectivity index (χ3v) is 1.98. The molecule has 1 aromatic heterocycles. The van der Waals surface area contributed by atoms with Crippen molar-refractivity contribution in [2.24, 2.45) is 0 Å². The summed E-state index contributed by atoms with van der Waals surface area (Å²) in [7, 11) is 0.